The van der Waals surface area contributed by atoms with Gasteiger partial charge in [-0.15, -0.1) is 0 Å². The Kier molecular flexibility index (Phi) is 1.37. The van der Waals surface area contributed by atoms with Crippen molar-refractivity contribution in [2.24, 2.45) is 5.92 Å². The first-order valence-electron chi connectivity index (χ1n) is 6.02. The molecule has 0 bridgehead atoms. The molecule has 4 rings (SSSR count). The minimum absolute atomic E-state index is 0.391. The van der Waals surface area contributed by atoms with Crippen molar-refractivity contribution < 1.29 is 0 Å². The van der Waals surface area contributed by atoms with Gasteiger partial charge in [-0.1, -0.05) is 13.0 Å². The predicted octanol–water partition coefficient (Wildman–Crippen LogP) is 1.73. The summed E-state index contributed by atoms with van der Waals surface area (Å²) in [7, 11) is 0. The van der Waals surface area contributed by atoms with E-state index in [2.05, 4.69) is 30.4 Å². The SMILES string of the molecule is C[C@]12CC3N[C@H](Cc4cc(C#N)ccc41)[C@H]32. The van der Waals surface area contributed by atoms with Gasteiger partial charge in [0.2, 0.25) is 0 Å². The van der Waals surface area contributed by atoms with E-state index in [-0.39, 0.29) is 0 Å². The number of hydrogen-bond donors (Lipinski definition) is 1. The molecule has 3 aliphatic rings. The quantitative estimate of drug-likeness (QED) is 0.708. The lowest BCUT2D eigenvalue weighted by Crippen LogP contribution is -2.78. The molecule has 1 saturated heterocycles. The monoisotopic (exact) mass is 210 g/mol. The number of nitriles is 1. The Morgan fingerprint density at radius 1 is 1.44 bits per heavy atom. The van der Waals surface area contributed by atoms with Crippen LogP contribution in [0.1, 0.15) is 30.0 Å². The third-order valence-corrected chi connectivity index (χ3v) is 4.96. The van der Waals surface area contributed by atoms with Gasteiger partial charge in [-0.05, 0) is 42.0 Å². The molecule has 1 aromatic rings. The lowest BCUT2D eigenvalue weighted by atomic mass is 9.44. The van der Waals surface area contributed by atoms with E-state index in [1.165, 1.54) is 17.5 Å². The molecule has 4 atom stereocenters. The third-order valence-electron chi connectivity index (χ3n) is 4.96. The van der Waals surface area contributed by atoms with Gasteiger partial charge in [0.1, 0.15) is 0 Å². The number of nitrogens with zero attached hydrogens (tertiary/aromatic N) is 1. The van der Waals surface area contributed by atoms with E-state index in [4.69, 9.17) is 5.26 Å². The van der Waals surface area contributed by atoms with Crippen LogP contribution in [0.25, 0.3) is 0 Å². The van der Waals surface area contributed by atoms with E-state index in [9.17, 15) is 0 Å². The highest BCUT2D eigenvalue weighted by Gasteiger charge is 2.63. The standard InChI is InChI=1S/C14H14N2/c1-14-6-12-13(14)11(16-12)5-9-4-8(7-15)2-3-10(9)14/h2-4,11-13,16H,5-6H2,1H3/t11-,12?,13-,14+/m1/s1. The van der Waals surface area contributed by atoms with Crippen LogP contribution < -0.4 is 5.32 Å². The second-order valence-corrected chi connectivity index (χ2v) is 5.71. The molecule has 1 unspecified atom stereocenters. The molecular weight excluding hydrogens is 196 g/mol. The largest absolute Gasteiger partial charge is 0.310 e. The fourth-order valence-electron chi connectivity index (χ4n) is 4.25. The Morgan fingerprint density at radius 3 is 3.06 bits per heavy atom. The molecule has 0 radical (unpaired) electrons. The molecule has 0 amide bonds. The molecule has 2 nitrogen and oxygen atoms in total. The zero-order valence-electron chi connectivity index (χ0n) is 9.33. The number of nitrogens with one attached hydrogen (secondary N) is 1. The first kappa shape index (κ1) is 8.78. The van der Waals surface area contributed by atoms with Crippen LogP contribution in [0.5, 0.6) is 0 Å². The van der Waals surface area contributed by atoms with Crippen LogP contribution in [0.15, 0.2) is 18.2 Å². The molecular formula is C14H14N2. The molecule has 1 aromatic carbocycles. The Hall–Kier alpha value is -1.33. The van der Waals surface area contributed by atoms with Crippen LogP contribution in [0.4, 0.5) is 0 Å². The van der Waals surface area contributed by atoms with Crippen molar-refractivity contribution in [1.82, 2.24) is 5.32 Å². The molecule has 1 heterocycles. The van der Waals surface area contributed by atoms with Crippen molar-refractivity contribution in [2.45, 2.75) is 37.3 Å². The summed E-state index contributed by atoms with van der Waals surface area (Å²) in [6.07, 6.45) is 2.38. The van der Waals surface area contributed by atoms with Crippen LogP contribution in [-0.2, 0) is 11.8 Å². The van der Waals surface area contributed by atoms with Gasteiger partial charge in [-0.2, -0.15) is 5.26 Å². The van der Waals surface area contributed by atoms with Gasteiger partial charge in [0, 0.05) is 17.5 Å². The Morgan fingerprint density at radius 2 is 2.31 bits per heavy atom. The number of rotatable bonds is 0. The second-order valence-electron chi connectivity index (χ2n) is 5.71. The van der Waals surface area contributed by atoms with Crippen LogP contribution in [0.3, 0.4) is 0 Å². The molecule has 2 heteroatoms. The molecule has 1 aliphatic heterocycles. The lowest BCUT2D eigenvalue weighted by molar-refractivity contribution is -0.0584. The second kappa shape index (κ2) is 2.49. The summed E-state index contributed by atoms with van der Waals surface area (Å²) in [5.74, 6) is 0.855. The predicted molar refractivity (Wildman–Crippen MR) is 61.0 cm³/mol. The number of fused-ring (bicyclic) bond motifs is 2. The van der Waals surface area contributed by atoms with Crippen molar-refractivity contribution in [1.29, 1.82) is 5.26 Å². The maximum Gasteiger partial charge on any atom is 0.0991 e. The molecule has 0 aromatic heterocycles. The number of benzene rings is 1. The summed E-state index contributed by atoms with van der Waals surface area (Å²) < 4.78 is 0. The van der Waals surface area contributed by atoms with E-state index in [1.54, 1.807) is 0 Å². The van der Waals surface area contributed by atoms with Crippen LogP contribution >= 0.6 is 0 Å². The highest BCUT2D eigenvalue weighted by Crippen LogP contribution is 2.59. The maximum atomic E-state index is 8.95. The van der Waals surface area contributed by atoms with E-state index in [0.717, 1.165) is 23.9 Å². The summed E-state index contributed by atoms with van der Waals surface area (Å²) in [4.78, 5) is 0. The molecule has 2 aliphatic carbocycles. The highest BCUT2D eigenvalue weighted by atomic mass is 15.1. The molecule has 16 heavy (non-hydrogen) atoms. The van der Waals surface area contributed by atoms with Gasteiger partial charge in [-0.25, -0.2) is 0 Å². The van der Waals surface area contributed by atoms with E-state index < -0.39 is 0 Å². The molecule has 1 saturated carbocycles. The van der Waals surface area contributed by atoms with Gasteiger partial charge in [-0.3, -0.25) is 0 Å². The van der Waals surface area contributed by atoms with E-state index in [0.29, 0.717) is 11.5 Å². The first-order chi connectivity index (χ1) is 7.72. The van der Waals surface area contributed by atoms with Gasteiger partial charge < -0.3 is 5.32 Å². The molecule has 2 fully saturated rings. The minimum atomic E-state index is 0.391. The Labute approximate surface area is 95.3 Å². The first-order valence-corrected chi connectivity index (χ1v) is 6.02. The molecule has 80 valence electrons. The van der Waals surface area contributed by atoms with Crippen molar-refractivity contribution in [3.8, 4) is 6.07 Å². The van der Waals surface area contributed by atoms with E-state index >= 15 is 0 Å². The normalized spacial score (nSPS) is 42.1. The molecule has 1 N–H and O–H groups in total. The number of hydrogen-bond acceptors (Lipinski definition) is 2. The van der Waals surface area contributed by atoms with Crippen molar-refractivity contribution in [2.75, 3.05) is 0 Å². The fourth-order valence-corrected chi connectivity index (χ4v) is 4.25. The summed E-state index contributed by atoms with van der Waals surface area (Å²) >= 11 is 0. The van der Waals surface area contributed by atoms with Gasteiger partial charge >= 0.3 is 0 Å². The zero-order chi connectivity index (χ0) is 10.9. The third kappa shape index (κ3) is 0.792. The Bertz CT molecular complexity index is 528. The van der Waals surface area contributed by atoms with Crippen molar-refractivity contribution in [3.05, 3.63) is 34.9 Å². The van der Waals surface area contributed by atoms with Crippen LogP contribution in [-0.4, -0.2) is 12.1 Å². The lowest BCUT2D eigenvalue weighted by Gasteiger charge is -2.68. The summed E-state index contributed by atoms with van der Waals surface area (Å²) in [6.45, 7) is 2.39. The average molecular weight is 210 g/mol. The van der Waals surface area contributed by atoms with Crippen molar-refractivity contribution in [3.63, 3.8) is 0 Å². The Balaban J connectivity index is 1.89. The topological polar surface area (TPSA) is 35.8 Å². The fraction of sp³-hybridized carbons (Fsp3) is 0.500. The van der Waals surface area contributed by atoms with Gasteiger partial charge in [0.25, 0.3) is 0 Å². The van der Waals surface area contributed by atoms with Gasteiger partial charge in [0.05, 0.1) is 11.6 Å². The maximum absolute atomic E-state index is 8.95. The smallest absolute Gasteiger partial charge is 0.0991 e. The summed E-state index contributed by atoms with van der Waals surface area (Å²) in [6, 6.07) is 9.95. The highest BCUT2D eigenvalue weighted by molar-refractivity contribution is 5.49. The summed E-state index contributed by atoms with van der Waals surface area (Å²) in [5.41, 5.74) is 4.09. The summed E-state index contributed by atoms with van der Waals surface area (Å²) in [5, 5.41) is 12.6. The van der Waals surface area contributed by atoms with Crippen molar-refractivity contribution >= 4 is 0 Å². The molecule has 0 spiro atoms. The average Bonchev–Trinajstić information content (AvgIpc) is 2.23. The van der Waals surface area contributed by atoms with Gasteiger partial charge in [0.15, 0.2) is 0 Å². The van der Waals surface area contributed by atoms with Crippen LogP contribution in [0.2, 0.25) is 0 Å². The van der Waals surface area contributed by atoms with Crippen LogP contribution in [0, 0.1) is 17.2 Å². The number of piperidine rings is 1. The zero-order valence-corrected chi connectivity index (χ0v) is 9.33. The minimum Gasteiger partial charge on any atom is -0.310 e. The van der Waals surface area contributed by atoms with E-state index in [1.807, 2.05) is 6.07 Å².